The minimum Gasteiger partial charge on any atom is -0.351 e. The smallest absolute Gasteiger partial charge is 0.271 e. The number of carbonyl (C=O) groups is 2. The van der Waals surface area contributed by atoms with Crippen molar-refractivity contribution >= 4 is 34.1 Å². The molecule has 1 aliphatic heterocycles. The van der Waals surface area contributed by atoms with Crippen molar-refractivity contribution in [3.8, 4) is 22.5 Å². The van der Waals surface area contributed by atoms with Gasteiger partial charge in [-0.1, -0.05) is 24.3 Å². The van der Waals surface area contributed by atoms with E-state index in [2.05, 4.69) is 30.5 Å². The van der Waals surface area contributed by atoms with Crippen LogP contribution in [-0.4, -0.2) is 54.8 Å². The fraction of sp³-hybridized carbons (Fsp3) is 0.0800. The van der Waals surface area contributed by atoms with Gasteiger partial charge in [0.25, 0.3) is 5.91 Å². The topological polar surface area (TPSA) is 120 Å². The number of hydrogen-bond acceptors (Lipinski definition) is 6. The number of H-pyrrole nitrogens is 2. The molecule has 6 rings (SSSR count). The number of anilines is 2. The second-order valence-corrected chi connectivity index (χ2v) is 8.14. The molecule has 0 bridgehead atoms. The number of aromatic amines is 2. The van der Waals surface area contributed by atoms with Crippen LogP contribution in [0.4, 0.5) is 11.5 Å². The third-order valence-electron chi connectivity index (χ3n) is 5.78. The summed E-state index contributed by atoms with van der Waals surface area (Å²) in [5.74, 6) is 1.15. The molecule has 34 heavy (non-hydrogen) atoms. The lowest BCUT2D eigenvalue weighted by Crippen LogP contribution is -2.50. The summed E-state index contributed by atoms with van der Waals surface area (Å²) >= 11 is 0. The molecule has 0 saturated carbocycles. The number of benzene rings is 2. The molecule has 9 heteroatoms. The number of nitrogens with zero attached hydrogens (tertiary/aromatic N) is 4. The quantitative estimate of drug-likeness (QED) is 0.376. The van der Waals surface area contributed by atoms with Crippen LogP contribution in [0.3, 0.4) is 0 Å². The van der Waals surface area contributed by atoms with Crippen LogP contribution in [0.15, 0.2) is 73.2 Å². The maximum atomic E-state index is 12.5. The van der Waals surface area contributed by atoms with Gasteiger partial charge in [0.1, 0.15) is 11.5 Å². The van der Waals surface area contributed by atoms with Crippen LogP contribution in [-0.2, 0) is 4.79 Å². The average Bonchev–Trinajstić information content (AvgIpc) is 3.52. The molecule has 0 atom stereocenters. The van der Waals surface area contributed by atoms with Gasteiger partial charge in [0.2, 0.25) is 0 Å². The summed E-state index contributed by atoms with van der Waals surface area (Å²) in [7, 11) is 0. The molecule has 0 radical (unpaired) electrons. The Balaban J connectivity index is 1.22. The second-order valence-electron chi connectivity index (χ2n) is 8.14. The Bertz CT molecular complexity index is 1510. The molecule has 1 saturated heterocycles. The molecule has 2 aromatic carbocycles. The zero-order valence-corrected chi connectivity index (χ0v) is 17.9. The molecule has 166 valence electrons. The Kier molecular flexibility index (Phi) is 4.65. The van der Waals surface area contributed by atoms with Crippen molar-refractivity contribution in [3.63, 3.8) is 0 Å². The summed E-state index contributed by atoms with van der Waals surface area (Å²) < 4.78 is 0. The van der Waals surface area contributed by atoms with Crippen LogP contribution in [0.1, 0.15) is 10.5 Å². The second kappa shape index (κ2) is 7.96. The van der Waals surface area contributed by atoms with Crippen molar-refractivity contribution in [2.75, 3.05) is 18.4 Å². The average molecular weight is 449 g/mol. The highest BCUT2D eigenvalue weighted by molar-refractivity contribution is 6.04. The summed E-state index contributed by atoms with van der Waals surface area (Å²) in [5.41, 5.74) is 5.11. The van der Waals surface area contributed by atoms with E-state index in [4.69, 9.17) is 0 Å². The minimum absolute atomic E-state index is 0.0753. The number of fused-ring (bicyclic) bond motifs is 1. The Labute approximate surface area is 193 Å². The first kappa shape index (κ1) is 19.9. The summed E-state index contributed by atoms with van der Waals surface area (Å²) in [6.45, 7) is 0.359. The number of amides is 1. The van der Waals surface area contributed by atoms with E-state index in [1.165, 1.54) is 4.90 Å². The summed E-state index contributed by atoms with van der Waals surface area (Å²) in [6, 6.07) is 17.4. The highest BCUT2D eigenvalue weighted by atomic mass is 16.2. The van der Waals surface area contributed by atoms with Crippen LogP contribution >= 0.6 is 0 Å². The van der Waals surface area contributed by atoms with E-state index < -0.39 is 0 Å². The Hall–Kier alpha value is -4.79. The van der Waals surface area contributed by atoms with E-state index in [0.717, 1.165) is 33.3 Å². The van der Waals surface area contributed by atoms with Crippen LogP contribution in [0.25, 0.3) is 33.4 Å². The Morgan fingerprint density at radius 3 is 2.56 bits per heavy atom. The minimum atomic E-state index is -0.168. The van der Waals surface area contributed by atoms with Crippen LogP contribution in [0.5, 0.6) is 0 Å². The Morgan fingerprint density at radius 2 is 1.79 bits per heavy atom. The largest absolute Gasteiger partial charge is 0.351 e. The highest BCUT2D eigenvalue weighted by Crippen LogP contribution is 2.26. The molecule has 1 aliphatic rings. The molecule has 0 spiro atoms. The number of aromatic nitrogens is 5. The number of likely N-dealkylation sites (tertiary alicyclic amines) is 1. The zero-order chi connectivity index (χ0) is 23.1. The van der Waals surface area contributed by atoms with Gasteiger partial charge in [-0.3, -0.25) is 14.7 Å². The van der Waals surface area contributed by atoms with Crippen molar-refractivity contribution in [1.29, 1.82) is 0 Å². The molecular formula is C25H19N7O2. The number of carbonyl (C=O) groups excluding carboxylic acids is 2. The summed E-state index contributed by atoms with van der Waals surface area (Å²) in [5, 5.41) is 11.0. The molecule has 0 aliphatic carbocycles. The third-order valence-corrected chi connectivity index (χ3v) is 5.78. The predicted molar refractivity (Wildman–Crippen MR) is 128 cm³/mol. The van der Waals surface area contributed by atoms with Gasteiger partial charge in [0.05, 0.1) is 19.3 Å². The molecule has 9 nitrogen and oxygen atoms in total. The number of hydrogen-bond donors (Lipinski definition) is 3. The Morgan fingerprint density at radius 1 is 0.971 bits per heavy atom. The predicted octanol–water partition coefficient (Wildman–Crippen LogP) is 3.78. The monoisotopic (exact) mass is 449 g/mol. The van der Waals surface area contributed by atoms with Crippen molar-refractivity contribution < 1.29 is 9.59 Å². The maximum Gasteiger partial charge on any atom is 0.271 e. The number of nitrogens with one attached hydrogen (secondary N) is 3. The first-order valence-corrected chi connectivity index (χ1v) is 10.8. The molecule has 1 fully saturated rings. The highest BCUT2D eigenvalue weighted by Gasteiger charge is 2.29. The molecule has 5 aromatic rings. The van der Waals surface area contributed by atoms with Crippen LogP contribution < -0.4 is 5.32 Å². The van der Waals surface area contributed by atoms with Crippen LogP contribution in [0, 0.1) is 0 Å². The van der Waals surface area contributed by atoms with Gasteiger partial charge < -0.3 is 15.2 Å². The molecule has 1 amide bonds. The van der Waals surface area contributed by atoms with Crippen molar-refractivity contribution in [2.45, 2.75) is 0 Å². The number of Topliss-reactive ketones (excluding diaryl/α,β-unsaturated/α-hetero) is 1. The van der Waals surface area contributed by atoms with Gasteiger partial charge in [-0.2, -0.15) is 5.10 Å². The van der Waals surface area contributed by atoms with E-state index in [9.17, 15) is 9.59 Å². The normalized spacial score (nSPS) is 13.2. The van der Waals surface area contributed by atoms with E-state index in [-0.39, 0.29) is 24.8 Å². The van der Waals surface area contributed by atoms with Crippen molar-refractivity contribution in [2.24, 2.45) is 0 Å². The molecule has 0 unspecified atom stereocenters. The lowest BCUT2D eigenvalue weighted by Gasteiger charge is -2.28. The van der Waals surface area contributed by atoms with E-state index in [1.54, 1.807) is 18.5 Å². The van der Waals surface area contributed by atoms with E-state index in [0.29, 0.717) is 17.3 Å². The summed E-state index contributed by atoms with van der Waals surface area (Å²) in [6.07, 6.45) is 5.34. The maximum absolute atomic E-state index is 12.5. The van der Waals surface area contributed by atoms with Crippen LogP contribution in [0.2, 0.25) is 0 Å². The molecular weight excluding hydrogens is 430 g/mol. The molecule has 3 aromatic heterocycles. The zero-order valence-electron chi connectivity index (χ0n) is 17.9. The van der Waals surface area contributed by atoms with Crippen molar-refractivity contribution in [1.82, 2.24) is 30.0 Å². The first-order chi connectivity index (χ1) is 16.6. The van der Waals surface area contributed by atoms with Crippen molar-refractivity contribution in [3.05, 3.63) is 78.9 Å². The SMILES string of the molecule is O=C1CN(C(=O)c2cc3ccc(-c4nccc(Nc5ccc(-c6cn[nH]c6)cc5)n4)cc3[nH]2)C1. The standard InChI is InChI=1S/C25H19N7O2/c33-20-13-32(14-20)25(34)22-9-16-1-2-17(10-21(16)30-22)24-26-8-7-23(31-24)29-19-5-3-15(4-6-19)18-11-27-28-12-18/h1-12,30H,13-14H2,(H,27,28)(H,26,29,31). The van der Waals surface area contributed by atoms with Gasteiger partial charge in [0, 0.05) is 40.1 Å². The summed E-state index contributed by atoms with van der Waals surface area (Å²) in [4.78, 5) is 37.5. The van der Waals surface area contributed by atoms with E-state index in [1.807, 2.05) is 54.7 Å². The number of rotatable bonds is 5. The van der Waals surface area contributed by atoms with Gasteiger partial charge >= 0.3 is 0 Å². The van der Waals surface area contributed by atoms with E-state index >= 15 is 0 Å². The molecule has 3 N–H and O–H groups in total. The lowest BCUT2D eigenvalue weighted by molar-refractivity contribution is -0.127. The van der Waals surface area contributed by atoms with Gasteiger partial charge in [-0.25, -0.2) is 9.97 Å². The fourth-order valence-electron chi connectivity index (χ4n) is 3.94. The number of ketones is 1. The first-order valence-electron chi connectivity index (χ1n) is 10.8. The van der Waals surface area contributed by atoms with Gasteiger partial charge in [-0.15, -0.1) is 0 Å². The van der Waals surface area contributed by atoms with Gasteiger partial charge in [0.15, 0.2) is 11.6 Å². The molecule has 4 heterocycles. The van der Waals surface area contributed by atoms with Gasteiger partial charge in [-0.05, 0) is 35.9 Å². The lowest BCUT2D eigenvalue weighted by atomic mass is 10.1. The third kappa shape index (κ3) is 3.69. The fourth-order valence-corrected chi connectivity index (χ4v) is 3.94.